The average Bonchev–Trinajstić information content (AvgIpc) is 3.13. The van der Waals surface area contributed by atoms with E-state index >= 15 is 0 Å². The van der Waals surface area contributed by atoms with Gasteiger partial charge in [-0.2, -0.15) is 0 Å². The number of fused-ring (bicyclic) bond motifs is 2. The Labute approximate surface area is 146 Å². The van der Waals surface area contributed by atoms with Gasteiger partial charge in [-0.15, -0.1) is 12.4 Å². The third-order valence-electron chi connectivity index (χ3n) is 5.69. The molecule has 4 unspecified atom stereocenters. The average molecular weight is 337 g/mol. The summed E-state index contributed by atoms with van der Waals surface area (Å²) in [4.78, 5) is 14.6. The van der Waals surface area contributed by atoms with Crippen molar-refractivity contribution in [2.24, 2.45) is 23.5 Å². The van der Waals surface area contributed by atoms with E-state index in [2.05, 4.69) is 30.3 Å². The second-order valence-electron chi connectivity index (χ2n) is 7.14. The van der Waals surface area contributed by atoms with Crippen LogP contribution in [0.1, 0.15) is 37.7 Å². The number of halogens is 1. The Bertz CT molecular complexity index is 505. The standard InChI is InChI=1S/C19H28N2O.ClH/c1-21(12-6-5-9-14-7-3-2-4-8-14)19(22)17-15-10-11-16(13-15)18(17)20;/h2-4,7-8,15-18H,5-6,9-13,20H2,1H3;1H. The number of hydrogen-bond acceptors (Lipinski definition) is 2. The maximum atomic E-state index is 12.7. The largest absolute Gasteiger partial charge is 0.345 e. The number of rotatable bonds is 6. The lowest BCUT2D eigenvalue weighted by Crippen LogP contribution is -2.46. The van der Waals surface area contributed by atoms with Crippen LogP contribution in [0.25, 0.3) is 0 Å². The zero-order valence-electron chi connectivity index (χ0n) is 14.0. The summed E-state index contributed by atoms with van der Waals surface area (Å²) in [5.41, 5.74) is 7.67. The van der Waals surface area contributed by atoms with E-state index in [0.29, 0.717) is 17.7 Å². The number of carbonyl (C=O) groups is 1. The van der Waals surface area contributed by atoms with E-state index in [-0.39, 0.29) is 24.4 Å². The van der Waals surface area contributed by atoms with Gasteiger partial charge in [0, 0.05) is 19.6 Å². The molecule has 23 heavy (non-hydrogen) atoms. The van der Waals surface area contributed by atoms with E-state index in [9.17, 15) is 4.79 Å². The van der Waals surface area contributed by atoms with Gasteiger partial charge in [0.25, 0.3) is 0 Å². The van der Waals surface area contributed by atoms with Crippen LogP contribution < -0.4 is 5.73 Å². The maximum Gasteiger partial charge on any atom is 0.227 e. The van der Waals surface area contributed by atoms with Gasteiger partial charge < -0.3 is 10.6 Å². The molecule has 1 aromatic carbocycles. The number of nitrogens with two attached hydrogens (primary N) is 1. The monoisotopic (exact) mass is 336 g/mol. The number of unbranched alkanes of at least 4 members (excludes halogenated alkanes) is 1. The van der Waals surface area contributed by atoms with Gasteiger partial charge in [-0.05, 0) is 55.9 Å². The first-order chi connectivity index (χ1) is 10.7. The first-order valence-corrected chi connectivity index (χ1v) is 8.71. The quantitative estimate of drug-likeness (QED) is 0.810. The molecule has 2 N–H and O–H groups in total. The second-order valence-corrected chi connectivity index (χ2v) is 7.14. The molecule has 2 bridgehead atoms. The van der Waals surface area contributed by atoms with Crippen LogP contribution in [0.5, 0.6) is 0 Å². The zero-order valence-corrected chi connectivity index (χ0v) is 14.8. The van der Waals surface area contributed by atoms with Crippen molar-refractivity contribution in [1.29, 1.82) is 0 Å². The molecule has 0 spiro atoms. The van der Waals surface area contributed by atoms with Gasteiger partial charge in [-0.1, -0.05) is 30.3 Å². The highest BCUT2D eigenvalue weighted by molar-refractivity contribution is 5.85. The summed E-state index contributed by atoms with van der Waals surface area (Å²) in [6, 6.07) is 10.7. The van der Waals surface area contributed by atoms with E-state index < -0.39 is 0 Å². The van der Waals surface area contributed by atoms with Crippen LogP contribution in [0.4, 0.5) is 0 Å². The van der Waals surface area contributed by atoms with Crippen molar-refractivity contribution in [2.45, 2.75) is 44.6 Å². The van der Waals surface area contributed by atoms with Gasteiger partial charge in [0.1, 0.15) is 0 Å². The summed E-state index contributed by atoms with van der Waals surface area (Å²) < 4.78 is 0. The smallest absolute Gasteiger partial charge is 0.227 e. The zero-order chi connectivity index (χ0) is 15.5. The van der Waals surface area contributed by atoms with E-state index in [1.54, 1.807) is 0 Å². The summed E-state index contributed by atoms with van der Waals surface area (Å²) in [5.74, 6) is 1.54. The van der Waals surface area contributed by atoms with Crippen molar-refractivity contribution in [3.05, 3.63) is 35.9 Å². The number of nitrogens with zero attached hydrogens (tertiary/aromatic N) is 1. The fraction of sp³-hybridized carbons (Fsp3) is 0.632. The lowest BCUT2D eigenvalue weighted by atomic mass is 9.84. The van der Waals surface area contributed by atoms with Crippen LogP contribution in [0, 0.1) is 17.8 Å². The summed E-state index contributed by atoms with van der Waals surface area (Å²) >= 11 is 0. The van der Waals surface area contributed by atoms with Gasteiger partial charge >= 0.3 is 0 Å². The van der Waals surface area contributed by atoms with E-state index in [1.807, 2.05) is 11.9 Å². The van der Waals surface area contributed by atoms with Gasteiger partial charge in [0.05, 0.1) is 5.92 Å². The van der Waals surface area contributed by atoms with Gasteiger partial charge in [-0.25, -0.2) is 0 Å². The Balaban J connectivity index is 0.00000192. The Morgan fingerprint density at radius 2 is 1.87 bits per heavy atom. The van der Waals surface area contributed by atoms with Crippen LogP contribution in [0.2, 0.25) is 0 Å². The molecule has 2 aliphatic carbocycles. The van der Waals surface area contributed by atoms with E-state index in [1.165, 1.54) is 24.8 Å². The molecule has 3 rings (SSSR count). The summed E-state index contributed by atoms with van der Waals surface area (Å²) in [5, 5.41) is 0. The molecule has 3 nitrogen and oxygen atoms in total. The van der Waals surface area contributed by atoms with Crippen molar-refractivity contribution in [3.63, 3.8) is 0 Å². The summed E-state index contributed by atoms with van der Waals surface area (Å²) in [6.07, 6.45) is 6.90. The molecule has 0 radical (unpaired) electrons. The number of aryl methyl sites for hydroxylation is 1. The lowest BCUT2D eigenvalue weighted by molar-refractivity contribution is -0.136. The number of amides is 1. The topological polar surface area (TPSA) is 46.3 Å². The Morgan fingerprint density at radius 1 is 1.17 bits per heavy atom. The molecule has 128 valence electrons. The first kappa shape index (κ1) is 18.3. The van der Waals surface area contributed by atoms with Crippen LogP contribution >= 0.6 is 12.4 Å². The molecule has 0 saturated heterocycles. The van der Waals surface area contributed by atoms with Crippen LogP contribution in [0.15, 0.2) is 30.3 Å². The lowest BCUT2D eigenvalue weighted by Gasteiger charge is -2.30. The molecule has 2 aliphatic rings. The minimum absolute atomic E-state index is 0. The first-order valence-electron chi connectivity index (χ1n) is 8.71. The predicted molar refractivity (Wildman–Crippen MR) is 96.6 cm³/mol. The van der Waals surface area contributed by atoms with Crippen LogP contribution in [-0.2, 0) is 11.2 Å². The Kier molecular flexibility index (Phi) is 6.49. The third-order valence-corrected chi connectivity index (χ3v) is 5.69. The van der Waals surface area contributed by atoms with Crippen molar-refractivity contribution >= 4 is 18.3 Å². The molecular weight excluding hydrogens is 308 g/mol. The molecule has 1 amide bonds. The minimum atomic E-state index is 0. The second kappa shape index (κ2) is 8.16. The Morgan fingerprint density at radius 3 is 2.52 bits per heavy atom. The predicted octanol–water partition coefficient (Wildman–Crippen LogP) is 3.26. The highest BCUT2D eigenvalue weighted by Crippen LogP contribution is 2.48. The minimum Gasteiger partial charge on any atom is -0.345 e. The summed E-state index contributed by atoms with van der Waals surface area (Å²) in [7, 11) is 1.95. The molecule has 2 fully saturated rings. The van der Waals surface area contributed by atoms with Gasteiger partial charge in [0.15, 0.2) is 0 Å². The van der Waals surface area contributed by atoms with Gasteiger partial charge in [0.2, 0.25) is 5.91 Å². The van der Waals surface area contributed by atoms with Crippen molar-refractivity contribution in [2.75, 3.05) is 13.6 Å². The molecule has 2 saturated carbocycles. The number of benzene rings is 1. The molecule has 4 heteroatoms. The van der Waals surface area contributed by atoms with E-state index in [4.69, 9.17) is 5.73 Å². The molecule has 0 aliphatic heterocycles. The normalized spacial score (nSPS) is 28.4. The summed E-state index contributed by atoms with van der Waals surface area (Å²) in [6.45, 7) is 0.853. The maximum absolute atomic E-state index is 12.7. The highest BCUT2D eigenvalue weighted by Gasteiger charge is 2.49. The van der Waals surface area contributed by atoms with Crippen LogP contribution in [0.3, 0.4) is 0 Å². The third kappa shape index (κ3) is 4.07. The molecule has 0 heterocycles. The van der Waals surface area contributed by atoms with Crippen LogP contribution in [-0.4, -0.2) is 30.4 Å². The molecular formula is C19H29ClN2O. The Hall–Kier alpha value is -1.06. The number of hydrogen-bond donors (Lipinski definition) is 1. The fourth-order valence-electron chi connectivity index (χ4n) is 4.39. The van der Waals surface area contributed by atoms with Crippen molar-refractivity contribution in [1.82, 2.24) is 4.90 Å². The van der Waals surface area contributed by atoms with Crippen molar-refractivity contribution < 1.29 is 4.79 Å². The molecule has 1 aromatic rings. The van der Waals surface area contributed by atoms with Gasteiger partial charge in [-0.3, -0.25) is 4.79 Å². The fourth-order valence-corrected chi connectivity index (χ4v) is 4.39. The highest BCUT2D eigenvalue weighted by atomic mass is 35.5. The molecule has 4 atom stereocenters. The SMILES string of the molecule is CN(CCCCc1ccccc1)C(=O)C1C2CCC(C2)C1N.Cl. The number of carbonyl (C=O) groups excluding carboxylic acids is 1. The van der Waals surface area contributed by atoms with E-state index in [0.717, 1.165) is 25.8 Å². The van der Waals surface area contributed by atoms with Crippen molar-refractivity contribution in [3.8, 4) is 0 Å². The molecule has 0 aromatic heterocycles.